The van der Waals surface area contributed by atoms with Crippen LogP contribution in [0.1, 0.15) is 57.6 Å². The highest BCUT2D eigenvalue weighted by atomic mass is 19.1. The number of halogens is 1. The molecule has 1 aromatic carbocycles. The summed E-state index contributed by atoms with van der Waals surface area (Å²) < 4.78 is 18.5. The number of aliphatic imine (C=N–C) groups is 1. The molecule has 1 aromatic heterocycles. The maximum atomic E-state index is 13.1. The second kappa shape index (κ2) is 8.83. The first-order valence-corrected chi connectivity index (χ1v) is 9.05. The van der Waals surface area contributed by atoms with Crippen LogP contribution in [0.3, 0.4) is 0 Å². The smallest absolute Gasteiger partial charge is 0.191 e. The Morgan fingerprint density at radius 3 is 2.50 bits per heavy atom. The first kappa shape index (κ1) is 19.9. The molecular weight excluding hydrogens is 331 g/mol. The van der Waals surface area contributed by atoms with E-state index in [-0.39, 0.29) is 11.2 Å². The number of rotatable bonds is 7. The summed E-state index contributed by atoms with van der Waals surface area (Å²) in [4.78, 5) is 4.57. The summed E-state index contributed by atoms with van der Waals surface area (Å²) in [6, 6.07) is 8.57. The van der Waals surface area contributed by atoms with Crippen molar-refractivity contribution in [2.45, 2.75) is 52.5 Å². The van der Waals surface area contributed by atoms with Crippen molar-refractivity contribution < 1.29 is 8.91 Å². The second-order valence-corrected chi connectivity index (χ2v) is 7.31. The standard InChI is InChI=1S/C20H29FN4O/c1-6-22-19(23-12-17-11-18(14(2)3)25-26-17)24-13-20(4,5)15-7-9-16(21)10-8-15/h7-11,14H,6,12-13H2,1-5H3,(H2,22,23,24). The minimum absolute atomic E-state index is 0.166. The Morgan fingerprint density at radius 1 is 1.23 bits per heavy atom. The van der Waals surface area contributed by atoms with Crippen LogP contribution in [0.2, 0.25) is 0 Å². The fourth-order valence-electron chi connectivity index (χ4n) is 2.48. The fraction of sp³-hybridized carbons (Fsp3) is 0.500. The molecule has 0 amide bonds. The van der Waals surface area contributed by atoms with Crippen LogP contribution in [0, 0.1) is 5.82 Å². The Bertz CT molecular complexity index is 720. The minimum Gasteiger partial charge on any atom is -0.359 e. The van der Waals surface area contributed by atoms with Crippen molar-refractivity contribution in [3.63, 3.8) is 0 Å². The van der Waals surface area contributed by atoms with Crippen LogP contribution in [0.4, 0.5) is 4.39 Å². The summed E-state index contributed by atoms with van der Waals surface area (Å²) in [7, 11) is 0. The van der Waals surface area contributed by atoms with Gasteiger partial charge < -0.3 is 15.2 Å². The minimum atomic E-state index is -0.222. The van der Waals surface area contributed by atoms with E-state index in [1.165, 1.54) is 12.1 Å². The third-order valence-corrected chi connectivity index (χ3v) is 4.23. The van der Waals surface area contributed by atoms with E-state index >= 15 is 0 Å². The summed E-state index contributed by atoms with van der Waals surface area (Å²) in [6.07, 6.45) is 0. The predicted octanol–water partition coefficient (Wildman–Crippen LogP) is 3.97. The Balaban J connectivity index is 2.00. The molecule has 0 radical (unpaired) electrons. The molecule has 0 spiro atoms. The van der Waals surface area contributed by atoms with Gasteiger partial charge in [-0.15, -0.1) is 0 Å². The Hall–Kier alpha value is -2.37. The molecule has 6 heteroatoms. The van der Waals surface area contributed by atoms with Gasteiger partial charge in [0.1, 0.15) is 12.4 Å². The Kier molecular flexibility index (Phi) is 6.77. The summed E-state index contributed by atoms with van der Waals surface area (Å²) in [5.41, 5.74) is 1.84. The fourth-order valence-corrected chi connectivity index (χ4v) is 2.48. The van der Waals surface area contributed by atoms with Crippen LogP contribution in [-0.4, -0.2) is 24.2 Å². The number of guanidine groups is 1. The van der Waals surface area contributed by atoms with Crippen molar-refractivity contribution in [3.05, 3.63) is 53.2 Å². The van der Waals surface area contributed by atoms with Gasteiger partial charge in [-0.3, -0.25) is 0 Å². The van der Waals surface area contributed by atoms with Crippen LogP contribution >= 0.6 is 0 Å². The van der Waals surface area contributed by atoms with Crippen LogP contribution in [0.15, 0.2) is 39.8 Å². The first-order chi connectivity index (χ1) is 12.3. The summed E-state index contributed by atoms with van der Waals surface area (Å²) >= 11 is 0. The van der Waals surface area contributed by atoms with Gasteiger partial charge in [-0.25, -0.2) is 9.38 Å². The van der Waals surface area contributed by atoms with Gasteiger partial charge in [-0.2, -0.15) is 0 Å². The van der Waals surface area contributed by atoms with Gasteiger partial charge >= 0.3 is 0 Å². The largest absolute Gasteiger partial charge is 0.359 e. The second-order valence-electron chi connectivity index (χ2n) is 7.31. The zero-order valence-electron chi connectivity index (χ0n) is 16.3. The highest BCUT2D eigenvalue weighted by Gasteiger charge is 2.21. The molecule has 0 saturated carbocycles. The van der Waals surface area contributed by atoms with Crippen molar-refractivity contribution >= 4 is 5.96 Å². The van der Waals surface area contributed by atoms with Crippen molar-refractivity contribution in [2.75, 3.05) is 13.1 Å². The van der Waals surface area contributed by atoms with Crippen LogP contribution < -0.4 is 10.6 Å². The molecular formula is C20H29FN4O. The highest BCUT2D eigenvalue weighted by Crippen LogP contribution is 2.22. The lowest BCUT2D eigenvalue weighted by atomic mass is 9.84. The molecule has 2 N–H and O–H groups in total. The topological polar surface area (TPSA) is 62.5 Å². The van der Waals surface area contributed by atoms with Crippen LogP contribution in [0.25, 0.3) is 0 Å². The highest BCUT2D eigenvalue weighted by molar-refractivity contribution is 5.79. The van der Waals surface area contributed by atoms with E-state index in [1.807, 2.05) is 25.1 Å². The molecule has 0 unspecified atom stereocenters. The number of nitrogens with one attached hydrogen (secondary N) is 2. The lowest BCUT2D eigenvalue weighted by molar-refractivity contribution is 0.376. The third-order valence-electron chi connectivity index (χ3n) is 4.23. The van der Waals surface area contributed by atoms with Gasteiger partial charge in [0.05, 0.1) is 5.69 Å². The molecule has 0 fully saturated rings. The maximum Gasteiger partial charge on any atom is 0.191 e. The summed E-state index contributed by atoms with van der Waals surface area (Å²) in [5, 5.41) is 10.6. The normalized spacial score (nSPS) is 12.5. The van der Waals surface area contributed by atoms with Gasteiger partial charge in [-0.05, 0) is 30.5 Å². The SMILES string of the molecule is CCNC(=NCc1cc(C(C)C)no1)NCC(C)(C)c1ccc(F)cc1. The monoisotopic (exact) mass is 360 g/mol. The lowest BCUT2D eigenvalue weighted by Crippen LogP contribution is -2.43. The number of benzene rings is 1. The molecule has 0 bridgehead atoms. The molecule has 0 aliphatic rings. The molecule has 142 valence electrons. The van der Waals surface area contributed by atoms with Gasteiger partial charge in [0.2, 0.25) is 0 Å². The zero-order chi connectivity index (χ0) is 19.2. The van der Waals surface area contributed by atoms with Crippen molar-refractivity contribution in [1.29, 1.82) is 0 Å². The van der Waals surface area contributed by atoms with E-state index in [4.69, 9.17) is 4.52 Å². The summed E-state index contributed by atoms with van der Waals surface area (Å²) in [6.45, 7) is 12.3. The molecule has 1 heterocycles. The Morgan fingerprint density at radius 2 is 1.92 bits per heavy atom. The molecule has 0 aliphatic heterocycles. The van der Waals surface area contributed by atoms with Crippen LogP contribution in [0.5, 0.6) is 0 Å². The van der Waals surface area contributed by atoms with E-state index < -0.39 is 0 Å². The number of aromatic nitrogens is 1. The zero-order valence-corrected chi connectivity index (χ0v) is 16.3. The van der Waals surface area contributed by atoms with Crippen molar-refractivity contribution in [1.82, 2.24) is 15.8 Å². The number of hydrogen-bond acceptors (Lipinski definition) is 3. The predicted molar refractivity (Wildman–Crippen MR) is 103 cm³/mol. The molecule has 26 heavy (non-hydrogen) atoms. The number of nitrogens with zero attached hydrogens (tertiary/aromatic N) is 2. The summed E-state index contributed by atoms with van der Waals surface area (Å²) in [5.74, 6) is 1.56. The van der Waals surface area contributed by atoms with E-state index in [1.54, 1.807) is 0 Å². The quantitative estimate of drug-likeness (QED) is 0.579. The molecule has 0 atom stereocenters. The first-order valence-electron chi connectivity index (χ1n) is 9.05. The van der Waals surface area contributed by atoms with Crippen LogP contribution in [-0.2, 0) is 12.0 Å². The van der Waals surface area contributed by atoms with Gasteiger partial charge in [-0.1, -0.05) is 45.0 Å². The van der Waals surface area contributed by atoms with E-state index in [0.717, 1.165) is 23.6 Å². The van der Waals surface area contributed by atoms with Gasteiger partial charge in [0.15, 0.2) is 11.7 Å². The number of hydrogen-bond donors (Lipinski definition) is 2. The van der Waals surface area contributed by atoms with Gasteiger partial charge in [0.25, 0.3) is 0 Å². The molecule has 5 nitrogen and oxygen atoms in total. The molecule has 0 aliphatic carbocycles. The van der Waals surface area contributed by atoms with Crippen molar-refractivity contribution in [3.8, 4) is 0 Å². The lowest BCUT2D eigenvalue weighted by Gasteiger charge is -2.26. The van der Waals surface area contributed by atoms with E-state index in [9.17, 15) is 4.39 Å². The third kappa shape index (κ3) is 5.58. The van der Waals surface area contributed by atoms with Gasteiger partial charge in [0, 0.05) is 24.6 Å². The maximum absolute atomic E-state index is 13.1. The Labute approximate surface area is 155 Å². The molecule has 0 saturated heterocycles. The molecule has 2 aromatic rings. The van der Waals surface area contributed by atoms with Crippen molar-refractivity contribution in [2.24, 2.45) is 4.99 Å². The molecule has 2 rings (SSSR count). The van der Waals surface area contributed by atoms with E-state index in [2.05, 4.69) is 48.5 Å². The average molecular weight is 360 g/mol. The van der Waals surface area contributed by atoms with E-state index in [0.29, 0.717) is 25.0 Å². The average Bonchev–Trinajstić information content (AvgIpc) is 3.07.